The molecule has 0 aliphatic heterocycles. The number of fused-ring (bicyclic) bond motifs is 1. The van der Waals surface area contributed by atoms with Crippen LogP contribution in [0.3, 0.4) is 0 Å². The third-order valence-electron chi connectivity index (χ3n) is 6.11. The van der Waals surface area contributed by atoms with Crippen LogP contribution in [0.2, 0.25) is 0 Å². The smallest absolute Gasteiger partial charge is 0.252 e. The highest BCUT2D eigenvalue weighted by atomic mass is 16.2. The number of carbonyl (C=O) groups excluding carboxylic acids is 2. The summed E-state index contributed by atoms with van der Waals surface area (Å²) >= 11 is 0. The van der Waals surface area contributed by atoms with Gasteiger partial charge in [0.05, 0.1) is 22.3 Å². The van der Waals surface area contributed by atoms with Crippen molar-refractivity contribution in [3.63, 3.8) is 0 Å². The summed E-state index contributed by atoms with van der Waals surface area (Å²) in [4.78, 5) is 31.5. The number of hydrogen-bond acceptors (Lipinski definition) is 4. The van der Waals surface area contributed by atoms with Gasteiger partial charge in [-0.15, -0.1) is 0 Å². The summed E-state index contributed by atoms with van der Waals surface area (Å²) in [6.07, 6.45) is 2.38. The number of amides is 2. The van der Waals surface area contributed by atoms with Crippen molar-refractivity contribution in [3.05, 3.63) is 83.6 Å². The molecule has 2 aromatic carbocycles. The maximum Gasteiger partial charge on any atom is 0.252 e. The standard InChI is InChI=1S/C27H27N5O2/c1-17-24-21(16-22(19-11-7-4-8-12-19)29-25(24)32(2)31-17)26(33)30-23(27(34)28-20-13-14-20)15-18-9-5-3-6-10-18/h3-12,16,20,23H,13-15H2,1-2H3,(H,28,34)(H,30,33). The van der Waals surface area contributed by atoms with Crippen molar-refractivity contribution in [1.29, 1.82) is 0 Å². The predicted octanol–water partition coefficient (Wildman–Crippen LogP) is 3.56. The quantitative estimate of drug-likeness (QED) is 0.448. The molecule has 172 valence electrons. The molecule has 1 unspecified atom stereocenters. The van der Waals surface area contributed by atoms with E-state index in [1.54, 1.807) is 10.7 Å². The average molecular weight is 454 g/mol. The summed E-state index contributed by atoms with van der Waals surface area (Å²) in [5.74, 6) is -0.469. The van der Waals surface area contributed by atoms with Crippen LogP contribution in [0.4, 0.5) is 0 Å². The first-order valence-electron chi connectivity index (χ1n) is 11.5. The molecule has 2 aromatic heterocycles. The van der Waals surface area contributed by atoms with Crippen molar-refractivity contribution in [2.75, 3.05) is 0 Å². The topological polar surface area (TPSA) is 88.9 Å². The molecule has 2 heterocycles. The van der Waals surface area contributed by atoms with Crippen LogP contribution in [0.5, 0.6) is 0 Å². The van der Waals surface area contributed by atoms with Crippen molar-refractivity contribution >= 4 is 22.8 Å². The molecule has 7 nitrogen and oxygen atoms in total. The summed E-state index contributed by atoms with van der Waals surface area (Å²) in [5.41, 5.74) is 4.39. The van der Waals surface area contributed by atoms with Crippen LogP contribution in [-0.4, -0.2) is 38.7 Å². The first-order valence-corrected chi connectivity index (χ1v) is 11.5. The van der Waals surface area contributed by atoms with Crippen molar-refractivity contribution in [3.8, 4) is 11.3 Å². The molecule has 0 bridgehead atoms. The maximum atomic E-state index is 13.7. The first-order chi connectivity index (χ1) is 16.5. The number of aromatic nitrogens is 3. The Balaban J connectivity index is 1.52. The number of aryl methyl sites for hydroxylation is 2. The summed E-state index contributed by atoms with van der Waals surface area (Å²) in [5, 5.41) is 11.2. The second kappa shape index (κ2) is 9.09. The predicted molar refractivity (Wildman–Crippen MR) is 131 cm³/mol. The molecule has 2 amide bonds. The van der Waals surface area contributed by atoms with E-state index in [0.29, 0.717) is 28.7 Å². The minimum absolute atomic E-state index is 0.156. The number of nitrogens with one attached hydrogen (secondary N) is 2. The van der Waals surface area contributed by atoms with Gasteiger partial charge < -0.3 is 10.6 Å². The highest BCUT2D eigenvalue weighted by molar-refractivity contribution is 6.08. The summed E-state index contributed by atoms with van der Waals surface area (Å²) in [7, 11) is 1.82. The molecule has 7 heteroatoms. The van der Waals surface area contributed by atoms with E-state index in [9.17, 15) is 9.59 Å². The molecule has 1 fully saturated rings. The maximum absolute atomic E-state index is 13.7. The SMILES string of the molecule is Cc1nn(C)c2nc(-c3ccccc3)cc(C(=O)NC(Cc3ccccc3)C(=O)NC3CC3)c12. The van der Waals surface area contributed by atoms with Gasteiger partial charge in [-0.3, -0.25) is 14.3 Å². The van der Waals surface area contributed by atoms with E-state index in [1.807, 2.05) is 74.6 Å². The van der Waals surface area contributed by atoms with E-state index in [4.69, 9.17) is 4.98 Å². The first kappa shape index (κ1) is 21.8. The Morgan fingerprint density at radius 2 is 1.74 bits per heavy atom. The van der Waals surface area contributed by atoms with E-state index >= 15 is 0 Å². The lowest BCUT2D eigenvalue weighted by molar-refractivity contribution is -0.123. The van der Waals surface area contributed by atoms with E-state index in [-0.39, 0.29) is 17.9 Å². The van der Waals surface area contributed by atoms with Gasteiger partial charge in [-0.05, 0) is 31.4 Å². The van der Waals surface area contributed by atoms with Gasteiger partial charge in [0.25, 0.3) is 5.91 Å². The zero-order valence-corrected chi connectivity index (χ0v) is 19.3. The van der Waals surface area contributed by atoms with Gasteiger partial charge in [-0.25, -0.2) is 4.98 Å². The molecule has 1 aliphatic rings. The number of hydrogen-bond donors (Lipinski definition) is 2. The molecule has 5 rings (SSSR count). The monoisotopic (exact) mass is 453 g/mol. The molecule has 0 radical (unpaired) electrons. The van der Waals surface area contributed by atoms with Gasteiger partial charge in [0, 0.05) is 25.1 Å². The number of rotatable bonds is 7. The lowest BCUT2D eigenvalue weighted by atomic mass is 10.0. The zero-order chi connectivity index (χ0) is 23.7. The Hall–Kier alpha value is -4.00. The van der Waals surface area contributed by atoms with Gasteiger partial charge in [0.1, 0.15) is 6.04 Å². The Bertz CT molecular complexity index is 1340. The van der Waals surface area contributed by atoms with E-state index in [1.165, 1.54) is 0 Å². The Morgan fingerprint density at radius 1 is 1.06 bits per heavy atom. The van der Waals surface area contributed by atoms with Gasteiger partial charge >= 0.3 is 0 Å². The van der Waals surface area contributed by atoms with Crippen LogP contribution in [0, 0.1) is 6.92 Å². The summed E-state index contributed by atoms with van der Waals surface area (Å²) < 4.78 is 1.69. The molecule has 4 aromatic rings. The van der Waals surface area contributed by atoms with Crippen molar-refractivity contribution < 1.29 is 9.59 Å². The largest absolute Gasteiger partial charge is 0.352 e. The molecule has 0 spiro atoms. The lowest BCUT2D eigenvalue weighted by Crippen LogP contribution is -2.48. The number of carbonyl (C=O) groups is 2. The fraction of sp³-hybridized carbons (Fsp3) is 0.259. The normalized spacial score (nSPS) is 14.1. The van der Waals surface area contributed by atoms with E-state index in [2.05, 4.69) is 15.7 Å². The molecule has 1 atom stereocenters. The highest BCUT2D eigenvalue weighted by Gasteiger charge is 2.30. The lowest BCUT2D eigenvalue weighted by Gasteiger charge is -2.19. The van der Waals surface area contributed by atoms with Crippen LogP contribution >= 0.6 is 0 Å². The Kier molecular flexibility index (Phi) is 5.84. The van der Waals surface area contributed by atoms with Crippen LogP contribution in [-0.2, 0) is 18.3 Å². The molecule has 2 N–H and O–H groups in total. The molecule has 1 aliphatic carbocycles. The van der Waals surface area contributed by atoms with Crippen molar-refractivity contribution in [2.45, 2.75) is 38.3 Å². The third-order valence-corrected chi connectivity index (χ3v) is 6.11. The number of pyridine rings is 1. The second-order valence-electron chi connectivity index (χ2n) is 8.83. The molecule has 34 heavy (non-hydrogen) atoms. The zero-order valence-electron chi connectivity index (χ0n) is 19.3. The number of nitrogens with zero attached hydrogens (tertiary/aromatic N) is 3. The fourth-order valence-corrected chi connectivity index (χ4v) is 4.21. The van der Waals surface area contributed by atoms with Crippen LogP contribution < -0.4 is 10.6 Å². The second-order valence-corrected chi connectivity index (χ2v) is 8.83. The minimum atomic E-state index is -0.684. The Labute approximate surface area is 198 Å². The van der Waals surface area contributed by atoms with Gasteiger partial charge in [0.2, 0.25) is 5.91 Å². The molecular formula is C27H27N5O2. The van der Waals surface area contributed by atoms with Gasteiger partial charge in [-0.1, -0.05) is 60.7 Å². The minimum Gasteiger partial charge on any atom is -0.352 e. The third kappa shape index (κ3) is 4.55. The highest BCUT2D eigenvalue weighted by Crippen LogP contribution is 2.27. The fourth-order valence-electron chi connectivity index (χ4n) is 4.21. The van der Waals surface area contributed by atoms with E-state index < -0.39 is 6.04 Å². The van der Waals surface area contributed by atoms with Crippen molar-refractivity contribution in [1.82, 2.24) is 25.4 Å². The number of benzene rings is 2. The molecule has 1 saturated carbocycles. The van der Waals surface area contributed by atoms with Crippen LogP contribution in [0.1, 0.15) is 34.5 Å². The summed E-state index contributed by atoms with van der Waals surface area (Å²) in [6.45, 7) is 1.87. The Morgan fingerprint density at radius 3 is 2.41 bits per heavy atom. The van der Waals surface area contributed by atoms with Gasteiger partial charge in [0.15, 0.2) is 5.65 Å². The van der Waals surface area contributed by atoms with Crippen LogP contribution in [0.15, 0.2) is 66.7 Å². The average Bonchev–Trinajstić information content (AvgIpc) is 3.62. The summed E-state index contributed by atoms with van der Waals surface area (Å²) in [6, 6.07) is 20.8. The van der Waals surface area contributed by atoms with Crippen LogP contribution in [0.25, 0.3) is 22.3 Å². The van der Waals surface area contributed by atoms with Crippen molar-refractivity contribution in [2.24, 2.45) is 7.05 Å². The van der Waals surface area contributed by atoms with E-state index in [0.717, 1.165) is 29.7 Å². The molecule has 0 saturated heterocycles. The molecular weight excluding hydrogens is 426 g/mol. The van der Waals surface area contributed by atoms with Gasteiger partial charge in [-0.2, -0.15) is 5.10 Å².